The highest BCUT2D eigenvalue weighted by molar-refractivity contribution is 6.08. The van der Waals surface area contributed by atoms with Crippen molar-refractivity contribution < 1.29 is 28.5 Å². The van der Waals surface area contributed by atoms with Crippen LogP contribution in [0, 0.1) is 0 Å². The number of nitrogens with one attached hydrogen (secondary N) is 3. The molecule has 51 heavy (non-hydrogen) atoms. The van der Waals surface area contributed by atoms with E-state index < -0.39 is 12.1 Å². The number of benzene rings is 3. The van der Waals surface area contributed by atoms with Gasteiger partial charge in [-0.2, -0.15) is 0 Å². The van der Waals surface area contributed by atoms with Crippen molar-refractivity contribution >= 4 is 40.0 Å². The Balaban J connectivity index is 1.21. The highest BCUT2D eigenvalue weighted by atomic mass is 16.5. The molecule has 3 N–H and O–H groups in total. The van der Waals surface area contributed by atoms with Gasteiger partial charge < -0.3 is 34.1 Å². The van der Waals surface area contributed by atoms with Crippen LogP contribution in [0.25, 0.3) is 22.3 Å². The quantitative estimate of drug-likeness (QED) is 0.137. The molecule has 1 fully saturated rings. The number of methoxy groups -OCH3 is 2. The fourth-order valence-electron chi connectivity index (χ4n) is 5.89. The van der Waals surface area contributed by atoms with Crippen LogP contribution in [0.1, 0.15) is 26.3 Å². The number of hydrogen-bond donors (Lipinski definition) is 3. The van der Waals surface area contributed by atoms with Crippen molar-refractivity contribution in [1.29, 1.82) is 0 Å². The second kappa shape index (κ2) is 15.5. The molecular weight excluding hydrogens is 650 g/mol. The molecule has 3 heterocycles. The Morgan fingerprint density at radius 1 is 0.843 bits per heavy atom. The van der Waals surface area contributed by atoms with Crippen LogP contribution in [0.15, 0.2) is 79.3 Å². The van der Waals surface area contributed by atoms with Gasteiger partial charge in [-0.25, -0.2) is 14.6 Å². The number of rotatable bonds is 10. The van der Waals surface area contributed by atoms with Crippen LogP contribution in [0.2, 0.25) is 0 Å². The van der Waals surface area contributed by atoms with Crippen LogP contribution in [0.3, 0.4) is 0 Å². The number of imidazole rings is 1. The van der Waals surface area contributed by atoms with Crippen LogP contribution in [0.4, 0.5) is 26.7 Å². The summed E-state index contributed by atoms with van der Waals surface area (Å²) in [4.78, 5) is 37.2. The van der Waals surface area contributed by atoms with Gasteiger partial charge in [0.25, 0.3) is 0 Å². The SMILES string of the molecule is COC(=O)Nc1cc(C(C)(C)C)cc(NC(=O)Nc2ccc(Oc3ccnc(-c4nccn4CCN4CCOCC4)c3)c3ccccc23)c1OC. The number of amides is 3. The molecule has 3 amide bonds. The average molecular weight is 694 g/mol. The number of urea groups is 1. The first-order valence-electron chi connectivity index (χ1n) is 16.8. The van der Waals surface area contributed by atoms with E-state index in [9.17, 15) is 9.59 Å². The van der Waals surface area contributed by atoms with Crippen molar-refractivity contribution in [2.24, 2.45) is 0 Å². The van der Waals surface area contributed by atoms with Crippen LogP contribution >= 0.6 is 0 Å². The molecule has 13 heteroatoms. The van der Waals surface area contributed by atoms with Gasteiger partial charge in [-0.3, -0.25) is 15.2 Å². The van der Waals surface area contributed by atoms with E-state index in [0.29, 0.717) is 34.3 Å². The summed E-state index contributed by atoms with van der Waals surface area (Å²) in [6, 6.07) is 18.1. The number of carbonyl (C=O) groups excluding carboxylic acids is 2. The molecule has 266 valence electrons. The minimum Gasteiger partial charge on any atom is -0.492 e. The molecule has 5 aromatic rings. The maximum atomic E-state index is 13.5. The van der Waals surface area contributed by atoms with Crippen molar-refractivity contribution in [3.63, 3.8) is 0 Å². The van der Waals surface area contributed by atoms with E-state index in [1.54, 1.807) is 30.6 Å². The highest BCUT2D eigenvalue weighted by Gasteiger charge is 2.22. The summed E-state index contributed by atoms with van der Waals surface area (Å²) in [7, 11) is 2.75. The van der Waals surface area contributed by atoms with Crippen LogP contribution in [0.5, 0.6) is 17.2 Å². The molecule has 13 nitrogen and oxygen atoms in total. The highest BCUT2D eigenvalue weighted by Crippen LogP contribution is 2.39. The molecule has 2 aromatic heterocycles. The largest absolute Gasteiger partial charge is 0.492 e. The van der Waals surface area contributed by atoms with Gasteiger partial charge in [0.05, 0.1) is 44.5 Å². The number of morpholine rings is 1. The molecular formula is C38H43N7O6. The Bertz CT molecular complexity index is 2020. The van der Waals surface area contributed by atoms with E-state index in [1.807, 2.05) is 69.4 Å². The molecule has 1 aliphatic heterocycles. The molecule has 0 aliphatic carbocycles. The van der Waals surface area contributed by atoms with Gasteiger partial charge in [0.2, 0.25) is 0 Å². The Morgan fingerprint density at radius 3 is 2.29 bits per heavy atom. The maximum Gasteiger partial charge on any atom is 0.411 e. The summed E-state index contributed by atoms with van der Waals surface area (Å²) in [5.41, 5.74) is 2.61. The fourth-order valence-corrected chi connectivity index (χ4v) is 5.89. The molecule has 0 saturated carbocycles. The van der Waals surface area contributed by atoms with Crippen LogP contribution in [-0.4, -0.2) is 78.6 Å². The molecule has 0 unspecified atom stereocenters. The van der Waals surface area contributed by atoms with E-state index in [2.05, 4.69) is 35.4 Å². The Hall–Kier alpha value is -5.66. The van der Waals surface area contributed by atoms with Gasteiger partial charge in [0.1, 0.15) is 17.2 Å². The number of ether oxygens (including phenoxy) is 4. The maximum absolute atomic E-state index is 13.5. The van der Waals surface area contributed by atoms with E-state index >= 15 is 0 Å². The minimum absolute atomic E-state index is 0.286. The van der Waals surface area contributed by atoms with E-state index in [0.717, 1.165) is 61.6 Å². The zero-order chi connectivity index (χ0) is 36.0. The zero-order valence-corrected chi connectivity index (χ0v) is 29.5. The lowest BCUT2D eigenvalue weighted by Crippen LogP contribution is -2.38. The summed E-state index contributed by atoms with van der Waals surface area (Å²) in [6.45, 7) is 11.2. The second-order valence-corrected chi connectivity index (χ2v) is 13.1. The lowest BCUT2D eigenvalue weighted by Gasteiger charge is -2.26. The lowest BCUT2D eigenvalue weighted by atomic mass is 9.86. The van der Waals surface area contributed by atoms with E-state index in [4.69, 9.17) is 18.9 Å². The molecule has 0 bridgehead atoms. The lowest BCUT2D eigenvalue weighted by molar-refractivity contribution is 0.0364. The van der Waals surface area contributed by atoms with Crippen molar-refractivity contribution in [2.45, 2.75) is 32.7 Å². The van der Waals surface area contributed by atoms with Crippen LogP contribution < -0.4 is 25.4 Å². The molecule has 0 spiro atoms. The fraction of sp³-hybridized carbons (Fsp3) is 0.316. The Labute approximate surface area is 296 Å². The number of anilines is 3. The molecule has 1 aliphatic rings. The Kier molecular flexibility index (Phi) is 10.7. The monoisotopic (exact) mass is 693 g/mol. The van der Waals surface area contributed by atoms with E-state index in [1.165, 1.54) is 14.2 Å². The van der Waals surface area contributed by atoms with E-state index in [-0.39, 0.29) is 11.2 Å². The van der Waals surface area contributed by atoms with Crippen molar-refractivity contribution in [3.05, 3.63) is 84.8 Å². The van der Waals surface area contributed by atoms with Crippen LogP contribution in [-0.2, 0) is 21.4 Å². The number of nitrogens with zero attached hydrogens (tertiary/aromatic N) is 4. The number of aromatic nitrogens is 3. The summed E-state index contributed by atoms with van der Waals surface area (Å²) < 4.78 is 24.4. The second-order valence-electron chi connectivity index (χ2n) is 13.1. The number of carbonyl (C=O) groups is 2. The van der Waals surface area contributed by atoms with Crippen molar-refractivity contribution in [2.75, 3.05) is 63.0 Å². The smallest absolute Gasteiger partial charge is 0.411 e. The normalized spacial score (nSPS) is 13.4. The standard InChI is InChI=1S/C38H43N7O6/c1-38(2,3)25-22-30(34(48-4)31(23-25)43-37(47)49-5)42-36(46)41-29-10-11-33(28-9-7-6-8-27(28)29)51-26-12-13-39-32(24-26)35-40-14-15-45(35)17-16-44-18-20-50-21-19-44/h6-15,22-24H,16-21H2,1-5H3,(H,43,47)(H2,41,42,46). The summed E-state index contributed by atoms with van der Waals surface area (Å²) in [6.07, 6.45) is 4.81. The zero-order valence-electron chi connectivity index (χ0n) is 29.5. The summed E-state index contributed by atoms with van der Waals surface area (Å²) in [5, 5.41) is 10.1. The number of pyridine rings is 1. The number of hydrogen-bond acceptors (Lipinski definition) is 9. The van der Waals surface area contributed by atoms with Crippen molar-refractivity contribution in [3.8, 4) is 28.8 Å². The molecule has 0 atom stereocenters. The van der Waals surface area contributed by atoms with Gasteiger partial charge in [0.15, 0.2) is 11.6 Å². The van der Waals surface area contributed by atoms with Gasteiger partial charge in [-0.1, -0.05) is 45.0 Å². The predicted molar refractivity (Wildman–Crippen MR) is 197 cm³/mol. The third-order valence-corrected chi connectivity index (χ3v) is 8.63. The topological polar surface area (TPSA) is 141 Å². The van der Waals surface area contributed by atoms with Gasteiger partial charge in [0, 0.05) is 61.6 Å². The molecule has 0 radical (unpaired) electrons. The summed E-state index contributed by atoms with van der Waals surface area (Å²) >= 11 is 0. The third kappa shape index (κ3) is 8.39. The van der Waals surface area contributed by atoms with Crippen molar-refractivity contribution in [1.82, 2.24) is 19.4 Å². The average Bonchev–Trinajstić information content (AvgIpc) is 3.61. The summed E-state index contributed by atoms with van der Waals surface area (Å²) in [5.74, 6) is 2.27. The van der Waals surface area contributed by atoms with Gasteiger partial charge in [-0.05, 0) is 41.3 Å². The minimum atomic E-state index is -0.655. The molecule has 3 aromatic carbocycles. The number of fused-ring (bicyclic) bond motifs is 1. The molecule has 6 rings (SSSR count). The predicted octanol–water partition coefficient (Wildman–Crippen LogP) is 7.35. The Morgan fingerprint density at radius 2 is 1.57 bits per heavy atom. The van der Waals surface area contributed by atoms with Gasteiger partial charge >= 0.3 is 12.1 Å². The first kappa shape index (κ1) is 35.2. The molecule has 1 saturated heterocycles. The first-order valence-corrected chi connectivity index (χ1v) is 16.8. The first-order chi connectivity index (χ1) is 24.6. The van der Waals surface area contributed by atoms with Gasteiger partial charge in [-0.15, -0.1) is 0 Å². The third-order valence-electron chi connectivity index (χ3n) is 8.63.